The summed E-state index contributed by atoms with van der Waals surface area (Å²) in [4.78, 5) is 0. The van der Waals surface area contributed by atoms with Gasteiger partial charge in [-0.15, -0.1) is 0 Å². The van der Waals surface area contributed by atoms with Crippen LogP contribution >= 0.6 is 0 Å². The van der Waals surface area contributed by atoms with E-state index in [-0.39, 0.29) is 0 Å². The summed E-state index contributed by atoms with van der Waals surface area (Å²) in [5, 5.41) is 0. The molecule has 0 radical (unpaired) electrons. The molecule has 0 heterocycles. The van der Waals surface area contributed by atoms with Crippen molar-refractivity contribution in [2.24, 2.45) is 0 Å². The van der Waals surface area contributed by atoms with Crippen molar-refractivity contribution in [1.29, 1.82) is 0 Å². The van der Waals surface area contributed by atoms with Crippen molar-refractivity contribution < 1.29 is 0 Å². The quantitative estimate of drug-likeness (QED) is 0.703. The zero-order valence-corrected chi connectivity index (χ0v) is 11.0. The van der Waals surface area contributed by atoms with Gasteiger partial charge in [0.15, 0.2) is 0 Å². The minimum atomic E-state index is 1.09. The maximum absolute atomic E-state index is 2.35. The fourth-order valence-electron chi connectivity index (χ4n) is 2.28. The van der Waals surface area contributed by atoms with E-state index in [1.807, 2.05) is 0 Å². The highest BCUT2D eigenvalue weighted by Crippen LogP contribution is 2.28. The molecule has 0 bridgehead atoms. The number of aryl methyl sites for hydroxylation is 3. The number of rotatable bonds is 3. The summed E-state index contributed by atoms with van der Waals surface area (Å²) in [7, 11) is 0. The van der Waals surface area contributed by atoms with Gasteiger partial charge in [0.1, 0.15) is 0 Å². The first-order chi connectivity index (χ1) is 8.26. The molecule has 0 spiro atoms. The van der Waals surface area contributed by atoms with Crippen molar-refractivity contribution in [3.63, 3.8) is 0 Å². The molecule has 0 fully saturated rings. The van der Waals surface area contributed by atoms with Crippen LogP contribution in [0.15, 0.2) is 42.5 Å². The Morgan fingerprint density at radius 3 is 2.24 bits per heavy atom. The third-order valence-corrected chi connectivity index (χ3v) is 3.40. The Kier molecular flexibility index (Phi) is 3.63. The zero-order chi connectivity index (χ0) is 12.3. The SMILES string of the molecule is CCc1ccc(CC)c(-c2ccccc2C)c1. The predicted octanol–water partition coefficient (Wildman–Crippen LogP) is 4.79. The van der Waals surface area contributed by atoms with E-state index in [9.17, 15) is 0 Å². The Morgan fingerprint density at radius 1 is 0.824 bits per heavy atom. The highest BCUT2D eigenvalue weighted by atomic mass is 14.1. The van der Waals surface area contributed by atoms with Crippen molar-refractivity contribution in [1.82, 2.24) is 0 Å². The molecule has 0 aliphatic carbocycles. The van der Waals surface area contributed by atoms with E-state index < -0.39 is 0 Å². The molecule has 0 N–H and O–H groups in total. The minimum absolute atomic E-state index is 1.09. The van der Waals surface area contributed by atoms with Crippen molar-refractivity contribution in [3.8, 4) is 11.1 Å². The van der Waals surface area contributed by atoms with Crippen LogP contribution in [0.2, 0.25) is 0 Å². The summed E-state index contributed by atoms with van der Waals surface area (Å²) < 4.78 is 0. The lowest BCUT2D eigenvalue weighted by Crippen LogP contribution is -1.92. The Balaban J connectivity index is 2.60. The van der Waals surface area contributed by atoms with Gasteiger partial charge in [-0.2, -0.15) is 0 Å². The van der Waals surface area contributed by atoms with Gasteiger partial charge in [0.25, 0.3) is 0 Å². The van der Waals surface area contributed by atoms with Gasteiger partial charge in [0.05, 0.1) is 0 Å². The van der Waals surface area contributed by atoms with Crippen molar-refractivity contribution in [2.75, 3.05) is 0 Å². The van der Waals surface area contributed by atoms with E-state index >= 15 is 0 Å². The van der Waals surface area contributed by atoms with Gasteiger partial charge in [-0.05, 0) is 47.6 Å². The Hall–Kier alpha value is -1.56. The molecule has 88 valence electrons. The van der Waals surface area contributed by atoms with Gasteiger partial charge in [-0.3, -0.25) is 0 Å². The Labute approximate surface area is 104 Å². The van der Waals surface area contributed by atoms with Gasteiger partial charge in [0, 0.05) is 0 Å². The van der Waals surface area contributed by atoms with E-state index in [1.54, 1.807) is 0 Å². The first-order valence-corrected chi connectivity index (χ1v) is 6.44. The summed E-state index contributed by atoms with van der Waals surface area (Å²) >= 11 is 0. The van der Waals surface area contributed by atoms with Crippen LogP contribution in [0.1, 0.15) is 30.5 Å². The van der Waals surface area contributed by atoms with Crippen LogP contribution in [0.3, 0.4) is 0 Å². The highest BCUT2D eigenvalue weighted by Gasteiger charge is 2.06. The standard InChI is InChI=1S/C17H20/c1-4-14-10-11-15(5-2)17(12-14)16-9-7-6-8-13(16)3/h6-12H,4-5H2,1-3H3. The van der Waals surface area contributed by atoms with Gasteiger partial charge in [-0.1, -0.05) is 56.3 Å². The fourth-order valence-corrected chi connectivity index (χ4v) is 2.28. The van der Waals surface area contributed by atoms with E-state index in [0.717, 1.165) is 12.8 Å². The summed E-state index contributed by atoms with van der Waals surface area (Å²) in [5.74, 6) is 0. The molecular formula is C17H20. The van der Waals surface area contributed by atoms with Gasteiger partial charge in [-0.25, -0.2) is 0 Å². The van der Waals surface area contributed by atoms with Crippen molar-refractivity contribution in [3.05, 3.63) is 59.2 Å². The zero-order valence-electron chi connectivity index (χ0n) is 11.0. The van der Waals surface area contributed by atoms with Gasteiger partial charge < -0.3 is 0 Å². The third kappa shape index (κ3) is 2.41. The van der Waals surface area contributed by atoms with Crippen molar-refractivity contribution >= 4 is 0 Å². The van der Waals surface area contributed by atoms with E-state index in [4.69, 9.17) is 0 Å². The topological polar surface area (TPSA) is 0 Å². The lowest BCUT2D eigenvalue weighted by atomic mass is 9.92. The maximum atomic E-state index is 2.35. The predicted molar refractivity (Wildman–Crippen MR) is 75.4 cm³/mol. The summed E-state index contributed by atoms with van der Waals surface area (Å²) in [5.41, 5.74) is 7.00. The van der Waals surface area contributed by atoms with Crippen LogP contribution < -0.4 is 0 Å². The maximum Gasteiger partial charge on any atom is -0.0147 e. The molecular weight excluding hydrogens is 204 g/mol. The molecule has 2 rings (SSSR count). The molecule has 0 unspecified atom stereocenters. The van der Waals surface area contributed by atoms with E-state index in [1.165, 1.54) is 27.8 Å². The second kappa shape index (κ2) is 5.18. The molecule has 0 heteroatoms. The van der Waals surface area contributed by atoms with Crippen LogP contribution in [-0.2, 0) is 12.8 Å². The molecule has 17 heavy (non-hydrogen) atoms. The molecule has 0 aliphatic heterocycles. The molecule has 2 aromatic rings. The van der Waals surface area contributed by atoms with Gasteiger partial charge >= 0.3 is 0 Å². The van der Waals surface area contributed by atoms with E-state index in [2.05, 4.69) is 63.2 Å². The highest BCUT2D eigenvalue weighted by molar-refractivity contribution is 5.71. The lowest BCUT2D eigenvalue weighted by molar-refractivity contribution is 1.10. The van der Waals surface area contributed by atoms with Crippen LogP contribution in [0.4, 0.5) is 0 Å². The average molecular weight is 224 g/mol. The normalized spacial score (nSPS) is 10.5. The van der Waals surface area contributed by atoms with Crippen molar-refractivity contribution in [2.45, 2.75) is 33.6 Å². The first kappa shape index (κ1) is 11.9. The van der Waals surface area contributed by atoms with Crippen LogP contribution in [0.25, 0.3) is 11.1 Å². The molecule has 0 amide bonds. The Bertz CT molecular complexity index is 509. The van der Waals surface area contributed by atoms with E-state index in [0.29, 0.717) is 0 Å². The Morgan fingerprint density at radius 2 is 1.59 bits per heavy atom. The molecule has 0 atom stereocenters. The molecule has 2 aromatic carbocycles. The summed E-state index contributed by atoms with van der Waals surface area (Å²) in [6, 6.07) is 15.5. The average Bonchev–Trinajstić information content (AvgIpc) is 2.38. The van der Waals surface area contributed by atoms with Crippen LogP contribution in [0, 0.1) is 6.92 Å². The number of benzene rings is 2. The smallest absolute Gasteiger partial charge is 0.0147 e. The molecule has 0 saturated carbocycles. The number of hydrogen-bond donors (Lipinski definition) is 0. The summed E-state index contributed by atoms with van der Waals surface area (Å²) in [6.07, 6.45) is 2.19. The van der Waals surface area contributed by atoms with Crippen LogP contribution in [0.5, 0.6) is 0 Å². The molecule has 0 aromatic heterocycles. The third-order valence-electron chi connectivity index (χ3n) is 3.40. The lowest BCUT2D eigenvalue weighted by Gasteiger charge is -2.12. The second-order valence-electron chi connectivity index (χ2n) is 4.51. The van der Waals surface area contributed by atoms with Crippen LogP contribution in [-0.4, -0.2) is 0 Å². The second-order valence-corrected chi connectivity index (χ2v) is 4.51. The first-order valence-electron chi connectivity index (χ1n) is 6.44. The fraction of sp³-hybridized carbons (Fsp3) is 0.294. The largest absolute Gasteiger partial charge is 0.0620 e. The monoisotopic (exact) mass is 224 g/mol. The number of hydrogen-bond acceptors (Lipinski definition) is 0. The summed E-state index contributed by atoms with van der Waals surface area (Å²) in [6.45, 7) is 6.62. The van der Waals surface area contributed by atoms with Gasteiger partial charge in [0.2, 0.25) is 0 Å². The molecule has 0 saturated heterocycles. The minimum Gasteiger partial charge on any atom is -0.0620 e. The molecule has 0 nitrogen and oxygen atoms in total. The molecule has 0 aliphatic rings.